The number of anilines is 3. The molecule has 3 N–H and O–H groups in total. The molecule has 0 unspecified atom stereocenters. The summed E-state index contributed by atoms with van der Waals surface area (Å²) in [6, 6.07) is 4.96. The van der Waals surface area contributed by atoms with E-state index in [9.17, 15) is 14.0 Å². The number of carbonyl (C=O) groups excluding carboxylic acids is 1. The van der Waals surface area contributed by atoms with Gasteiger partial charge in [-0.15, -0.1) is 0 Å². The highest BCUT2D eigenvalue weighted by Gasteiger charge is 2.50. The number of rotatable bonds is 6. The van der Waals surface area contributed by atoms with Crippen molar-refractivity contribution in [3.05, 3.63) is 46.5 Å². The second-order valence-electron chi connectivity index (χ2n) is 9.22. The maximum atomic E-state index is 13.2. The molecule has 0 bridgehead atoms. The highest BCUT2D eigenvalue weighted by atomic mass is 19.1. The second-order valence-corrected chi connectivity index (χ2v) is 9.22. The lowest BCUT2D eigenvalue weighted by atomic mass is 9.64. The number of ether oxygens (including phenoxy) is 1. The average molecular weight is 453 g/mol. The molecule has 0 aromatic carbocycles. The van der Waals surface area contributed by atoms with Crippen LogP contribution in [0, 0.1) is 5.41 Å². The Labute approximate surface area is 188 Å². The summed E-state index contributed by atoms with van der Waals surface area (Å²) in [5.74, 6) is 0.546. The van der Waals surface area contributed by atoms with Crippen LogP contribution in [0.5, 0.6) is 0 Å². The molecule has 172 valence electrons. The smallest absolute Gasteiger partial charge is 0.274 e. The molecule has 3 aliphatic rings. The van der Waals surface area contributed by atoms with Crippen LogP contribution in [0.1, 0.15) is 35.7 Å². The molecule has 10 nitrogen and oxygen atoms in total. The van der Waals surface area contributed by atoms with Crippen LogP contribution >= 0.6 is 0 Å². The van der Waals surface area contributed by atoms with Gasteiger partial charge >= 0.3 is 0 Å². The Hall–Kier alpha value is -3.47. The van der Waals surface area contributed by atoms with Gasteiger partial charge in [-0.05, 0) is 25.0 Å². The topological polar surface area (TPSA) is 115 Å². The van der Waals surface area contributed by atoms with Crippen molar-refractivity contribution in [3.8, 4) is 0 Å². The molecule has 1 spiro atoms. The number of aromatic nitrogens is 4. The summed E-state index contributed by atoms with van der Waals surface area (Å²) >= 11 is 0. The number of hydrogen-bond donors (Lipinski definition) is 3. The Morgan fingerprint density at radius 3 is 2.79 bits per heavy atom. The van der Waals surface area contributed by atoms with Crippen LogP contribution in [0.3, 0.4) is 0 Å². The first-order valence-corrected chi connectivity index (χ1v) is 11.0. The van der Waals surface area contributed by atoms with Crippen molar-refractivity contribution in [1.82, 2.24) is 24.5 Å². The summed E-state index contributed by atoms with van der Waals surface area (Å²) < 4.78 is 21.8. The summed E-state index contributed by atoms with van der Waals surface area (Å²) in [4.78, 5) is 30.3. The van der Waals surface area contributed by atoms with E-state index in [-0.39, 0.29) is 22.6 Å². The van der Waals surface area contributed by atoms with E-state index in [0.717, 1.165) is 26.1 Å². The van der Waals surface area contributed by atoms with Gasteiger partial charge in [0, 0.05) is 37.2 Å². The summed E-state index contributed by atoms with van der Waals surface area (Å²) in [5.41, 5.74) is 1.07. The van der Waals surface area contributed by atoms with E-state index >= 15 is 0 Å². The van der Waals surface area contributed by atoms with Gasteiger partial charge in [-0.1, -0.05) is 0 Å². The second kappa shape index (κ2) is 7.27. The van der Waals surface area contributed by atoms with E-state index in [1.54, 1.807) is 23.7 Å². The van der Waals surface area contributed by atoms with Gasteiger partial charge in [0.1, 0.15) is 29.1 Å². The van der Waals surface area contributed by atoms with Gasteiger partial charge in [-0.25, -0.2) is 9.37 Å². The molecule has 6 rings (SSSR count). The molecule has 4 heterocycles. The molecule has 2 saturated carbocycles. The lowest BCUT2D eigenvalue weighted by Crippen LogP contribution is -2.53. The number of pyridine rings is 1. The standard InChI is InChI=1S/C22H24FN7O3/c1-24-18-6-17(28-19-13(9-25-30(18)19)20(31)27-16-5-14(16)23)26-15-3-2-4-29(21(15)32)12-7-22(8-12)10-33-11-22/h2-4,6,9,12,14,16,24H,5,7-8,10-11H2,1H3,(H,26,28)(H,27,31)/t14-,16+/m0/s1. The fraction of sp³-hybridized carbons (Fsp3) is 0.455. The number of fused-ring (bicyclic) bond motifs is 1. The van der Waals surface area contributed by atoms with Crippen molar-refractivity contribution in [2.75, 3.05) is 30.9 Å². The Morgan fingerprint density at radius 1 is 1.33 bits per heavy atom. The van der Waals surface area contributed by atoms with Crippen LogP contribution in [-0.4, -0.2) is 57.5 Å². The lowest BCUT2D eigenvalue weighted by Gasteiger charge is -2.53. The Bertz CT molecular complexity index is 1310. The predicted molar refractivity (Wildman–Crippen MR) is 119 cm³/mol. The Kier molecular flexibility index (Phi) is 4.44. The molecule has 2 aliphatic carbocycles. The average Bonchev–Trinajstić information content (AvgIpc) is 3.26. The van der Waals surface area contributed by atoms with Gasteiger partial charge in [-0.2, -0.15) is 9.61 Å². The zero-order valence-corrected chi connectivity index (χ0v) is 18.0. The molecule has 3 aromatic heterocycles. The third-order valence-electron chi connectivity index (χ3n) is 6.79. The van der Waals surface area contributed by atoms with Crippen LogP contribution in [-0.2, 0) is 4.74 Å². The van der Waals surface area contributed by atoms with Gasteiger partial charge in [0.15, 0.2) is 5.65 Å². The Morgan fingerprint density at radius 2 is 2.12 bits per heavy atom. The minimum absolute atomic E-state index is 0.125. The minimum atomic E-state index is -1.00. The van der Waals surface area contributed by atoms with Crippen LogP contribution in [0.4, 0.5) is 21.7 Å². The fourth-order valence-electron chi connectivity index (χ4n) is 4.72. The van der Waals surface area contributed by atoms with Crippen molar-refractivity contribution in [2.45, 2.75) is 37.5 Å². The molecule has 1 amide bonds. The SMILES string of the molecule is CNc1cc(Nc2cccn(C3CC4(COC4)C3)c2=O)nc2c(C(=O)N[C@@H]3C[C@@H]3F)cnn12. The van der Waals surface area contributed by atoms with Gasteiger partial charge in [0.05, 0.1) is 25.5 Å². The normalized spacial score (nSPS) is 23.1. The van der Waals surface area contributed by atoms with Crippen LogP contribution < -0.4 is 21.5 Å². The monoisotopic (exact) mass is 453 g/mol. The third-order valence-corrected chi connectivity index (χ3v) is 6.79. The van der Waals surface area contributed by atoms with E-state index in [2.05, 4.69) is 26.0 Å². The molecular formula is C22H24FN7O3. The highest BCUT2D eigenvalue weighted by molar-refractivity contribution is 6.00. The van der Waals surface area contributed by atoms with Crippen molar-refractivity contribution < 1.29 is 13.9 Å². The van der Waals surface area contributed by atoms with Gasteiger partial charge in [-0.3, -0.25) is 9.59 Å². The zero-order valence-electron chi connectivity index (χ0n) is 18.0. The number of carbonyl (C=O) groups is 1. The molecule has 3 aromatic rings. The first-order chi connectivity index (χ1) is 16.0. The zero-order chi connectivity index (χ0) is 22.7. The summed E-state index contributed by atoms with van der Waals surface area (Å²) in [6.45, 7) is 1.56. The van der Waals surface area contributed by atoms with E-state index in [4.69, 9.17) is 4.74 Å². The van der Waals surface area contributed by atoms with Crippen LogP contribution in [0.2, 0.25) is 0 Å². The van der Waals surface area contributed by atoms with Gasteiger partial charge in [0.2, 0.25) is 0 Å². The third kappa shape index (κ3) is 3.34. The van der Waals surface area contributed by atoms with Crippen LogP contribution in [0.15, 0.2) is 35.4 Å². The number of nitrogens with zero attached hydrogens (tertiary/aromatic N) is 4. The quantitative estimate of drug-likeness (QED) is 0.522. The summed E-state index contributed by atoms with van der Waals surface area (Å²) in [6.07, 6.45) is 4.43. The van der Waals surface area contributed by atoms with Crippen molar-refractivity contribution in [1.29, 1.82) is 0 Å². The molecule has 11 heteroatoms. The maximum Gasteiger partial charge on any atom is 0.274 e. The van der Waals surface area contributed by atoms with E-state index in [1.807, 2.05) is 12.3 Å². The molecule has 1 aliphatic heterocycles. The lowest BCUT2D eigenvalue weighted by molar-refractivity contribution is -0.174. The molecule has 3 fully saturated rings. The van der Waals surface area contributed by atoms with Crippen molar-refractivity contribution in [2.24, 2.45) is 5.41 Å². The highest BCUT2D eigenvalue weighted by Crippen LogP contribution is 2.52. The molecule has 1 saturated heterocycles. The number of halogens is 1. The van der Waals surface area contributed by atoms with E-state index in [1.165, 1.54) is 10.7 Å². The number of amides is 1. The summed E-state index contributed by atoms with van der Waals surface area (Å²) in [5, 5.41) is 13.0. The van der Waals surface area contributed by atoms with Crippen molar-refractivity contribution >= 4 is 28.9 Å². The fourth-order valence-corrected chi connectivity index (χ4v) is 4.72. The van der Waals surface area contributed by atoms with Crippen LogP contribution in [0.25, 0.3) is 5.65 Å². The van der Waals surface area contributed by atoms with Gasteiger partial charge < -0.3 is 25.3 Å². The maximum absolute atomic E-state index is 13.2. The molecule has 0 radical (unpaired) electrons. The first kappa shape index (κ1) is 20.2. The minimum Gasteiger partial charge on any atom is -0.380 e. The summed E-state index contributed by atoms with van der Waals surface area (Å²) in [7, 11) is 1.73. The van der Waals surface area contributed by atoms with E-state index in [0.29, 0.717) is 29.4 Å². The first-order valence-electron chi connectivity index (χ1n) is 11.0. The molecule has 2 atom stereocenters. The predicted octanol–water partition coefficient (Wildman–Crippen LogP) is 1.87. The van der Waals surface area contributed by atoms with E-state index < -0.39 is 18.1 Å². The molecule has 33 heavy (non-hydrogen) atoms. The number of alkyl halides is 1. The number of nitrogens with one attached hydrogen (secondary N) is 3. The molecular weight excluding hydrogens is 429 g/mol. The largest absolute Gasteiger partial charge is 0.380 e. The van der Waals surface area contributed by atoms with Gasteiger partial charge in [0.25, 0.3) is 11.5 Å². The van der Waals surface area contributed by atoms with Crippen molar-refractivity contribution in [3.63, 3.8) is 0 Å². The Balaban J connectivity index is 1.29. The number of hydrogen-bond acceptors (Lipinski definition) is 7.